The van der Waals surface area contributed by atoms with Gasteiger partial charge in [0.2, 0.25) is 0 Å². The van der Waals surface area contributed by atoms with Crippen molar-refractivity contribution < 1.29 is 15.3 Å². The third-order valence-electron chi connectivity index (χ3n) is 2.60. The normalized spacial score (nSPS) is 15.2. The van der Waals surface area contributed by atoms with Crippen LogP contribution in [0.4, 0.5) is 0 Å². The molecule has 5 nitrogen and oxygen atoms in total. The van der Waals surface area contributed by atoms with E-state index in [2.05, 4.69) is 10.2 Å². The lowest BCUT2D eigenvalue weighted by Gasteiger charge is -2.17. The summed E-state index contributed by atoms with van der Waals surface area (Å²) in [6.07, 6.45) is -0.0945. The van der Waals surface area contributed by atoms with E-state index >= 15 is 0 Å². The number of hydrogen-bond acceptors (Lipinski definition) is 4. The zero-order chi connectivity index (χ0) is 11.5. The standard InChI is InChI=1S/C11H14N2O3/c14-4-3-10(15)11(16)7-1-2-8-6-12-13-9(8)5-7/h1-2,5-6,10-11,14-16H,3-4H2,(H,12,13). The zero-order valence-corrected chi connectivity index (χ0v) is 8.67. The summed E-state index contributed by atoms with van der Waals surface area (Å²) in [7, 11) is 0. The molecule has 5 heteroatoms. The average molecular weight is 222 g/mol. The van der Waals surface area contributed by atoms with Gasteiger partial charge in [-0.25, -0.2) is 0 Å². The Kier molecular flexibility index (Phi) is 3.19. The van der Waals surface area contributed by atoms with Crippen LogP contribution in [0.3, 0.4) is 0 Å². The SMILES string of the molecule is OCCC(O)C(O)c1ccc2cn[nH]c2c1. The van der Waals surface area contributed by atoms with Crippen LogP contribution in [-0.2, 0) is 0 Å². The number of hydrogen-bond donors (Lipinski definition) is 4. The van der Waals surface area contributed by atoms with Crippen LogP contribution < -0.4 is 0 Å². The number of aromatic nitrogens is 2. The predicted octanol–water partition coefficient (Wildman–Crippen LogP) is 0.340. The summed E-state index contributed by atoms with van der Waals surface area (Å²) < 4.78 is 0. The maximum Gasteiger partial charge on any atom is 0.105 e. The van der Waals surface area contributed by atoms with E-state index in [9.17, 15) is 10.2 Å². The summed E-state index contributed by atoms with van der Waals surface area (Å²) in [5, 5.41) is 35.7. The Morgan fingerprint density at radius 3 is 2.88 bits per heavy atom. The van der Waals surface area contributed by atoms with Gasteiger partial charge in [-0.15, -0.1) is 0 Å². The molecular formula is C11H14N2O3. The van der Waals surface area contributed by atoms with E-state index in [1.165, 1.54) is 0 Å². The number of aliphatic hydroxyl groups excluding tert-OH is 3. The maximum atomic E-state index is 9.82. The lowest BCUT2D eigenvalue weighted by molar-refractivity contribution is 0.00428. The van der Waals surface area contributed by atoms with Crippen molar-refractivity contribution in [2.45, 2.75) is 18.6 Å². The van der Waals surface area contributed by atoms with Gasteiger partial charge < -0.3 is 15.3 Å². The van der Waals surface area contributed by atoms with E-state index in [0.717, 1.165) is 10.9 Å². The molecule has 0 aliphatic carbocycles. The topological polar surface area (TPSA) is 89.4 Å². The number of benzene rings is 1. The van der Waals surface area contributed by atoms with Gasteiger partial charge in [0.1, 0.15) is 6.10 Å². The fraction of sp³-hybridized carbons (Fsp3) is 0.364. The second-order valence-electron chi connectivity index (χ2n) is 3.74. The van der Waals surface area contributed by atoms with Crippen molar-refractivity contribution >= 4 is 10.9 Å². The summed E-state index contributed by atoms with van der Waals surface area (Å²) in [6, 6.07) is 5.31. The molecule has 0 radical (unpaired) electrons. The summed E-state index contributed by atoms with van der Waals surface area (Å²) in [4.78, 5) is 0. The second kappa shape index (κ2) is 4.61. The minimum atomic E-state index is -0.986. The molecule has 86 valence electrons. The van der Waals surface area contributed by atoms with Crippen molar-refractivity contribution in [3.05, 3.63) is 30.0 Å². The Morgan fingerprint density at radius 2 is 2.12 bits per heavy atom. The number of nitrogens with zero attached hydrogens (tertiary/aromatic N) is 1. The molecule has 1 aromatic carbocycles. The Labute approximate surface area is 92.4 Å². The molecule has 0 aliphatic heterocycles. The van der Waals surface area contributed by atoms with E-state index in [0.29, 0.717) is 5.56 Å². The van der Waals surface area contributed by atoms with E-state index in [1.54, 1.807) is 18.3 Å². The van der Waals surface area contributed by atoms with Gasteiger partial charge in [0.25, 0.3) is 0 Å². The molecule has 0 saturated heterocycles. The first-order valence-electron chi connectivity index (χ1n) is 5.12. The van der Waals surface area contributed by atoms with E-state index in [1.807, 2.05) is 6.07 Å². The summed E-state index contributed by atoms with van der Waals surface area (Å²) in [6.45, 7) is -0.148. The van der Waals surface area contributed by atoms with Gasteiger partial charge in [0.05, 0.1) is 17.8 Å². The van der Waals surface area contributed by atoms with Crippen LogP contribution in [0.5, 0.6) is 0 Å². The second-order valence-corrected chi connectivity index (χ2v) is 3.74. The Bertz CT molecular complexity index is 469. The highest BCUT2D eigenvalue weighted by molar-refractivity contribution is 5.78. The smallest absolute Gasteiger partial charge is 0.105 e. The van der Waals surface area contributed by atoms with Gasteiger partial charge in [-0.05, 0) is 18.1 Å². The molecule has 0 fully saturated rings. The van der Waals surface area contributed by atoms with Crippen molar-refractivity contribution in [1.82, 2.24) is 10.2 Å². The highest BCUT2D eigenvalue weighted by Crippen LogP contribution is 2.22. The highest BCUT2D eigenvalue weighted by Gasteiger charge is 2.18. The first kappa shape index (κ1) is 11.1. The monoisotopic (exact) mass is 222 g/mol. The van der Waals surface area contributed by atoms with Crippen LogP contribution in [0.2, 0.25) is 0 Å². The molecule has 2 rings (SSSR count). The fourth-order valence-corrected chi connectivity index (χ4v) is 1.65. The number of H-pyrrole nitrogens is 1. The van der Waals surface area contributed by atoms with Crippen molar-refractivity contribution in [2.24, 2.45) is 0 Å². The molecule has 2 unspecified atom stereocenters. The maximum absolute atomic E-state index is 9.82. The molecule has 1 heterocycles. The van der Waals surface area contributed by atoms with E-state index < -0.39 is 12.2 Å². The molecule has 0 amide bonds. The van der Waals surface area contributed by atoms with E-state index in [4.69, 9.17) is 5.11 Å². The molecule has 2 atom stereocenters. The predicted molar refractivity (Wildman–Crippen MR) is 58.8 cm³/mol. The quantitative estimate of drug-likeness (QED) is 0.600. The van der Waals surface area contributed by atoms with Crippen LogP contribution in [0.25, 0.3) is 10.9 Å². The summed E-state index contributed by atoms with van der Waals surface area (Å²) in [5.74, 6) is 0. The van der Waals surface area contributed by atoms with Crippen LogP contribution in [0.1, 0.15) is 18.1 Å². The van der Waals surface area contributed by atoms with Gasteiger partial charge in [-0.3, -0.25) is 5.10 Å². The number of aromatic amines is 1. The van der Waals surface area contributed by atoms with Gasteiger partial charge in [-0.1, -0.05) is 12.1 Å². The van der Waals surface area contributed by atoms with Crippen molar-refractivity contribution in [3.8, 4) is 0 Å². The molecular weight excluding hydrogens is 208 g/mol. The Balaban J connectivity index is 2.24. The van der Waals surface area contributed by atoms with Crippen LogP contribution in [0, 0.1) is 0 Å². The average Bonchev–Trinajstić information content (AvgIpc) is 2.75. The summed E-state index contributed by atoms with van der Waals surface area (Å²) in [5.41, 5.74) is 1.42. The minimum absolute atomic E-state index is 0.148. The van der Waals surface area contributed by atoms with Crippen molar-refractivity contribution in [3.63, 3.8) is 0 Å². The molecule has 4 N–H and O–H groups in total. The summed E-state index contributed by atoms with van der Waals surface area (Å²) >= 11 is 0. The van der Waals surface area contributed by atoms with Crippen molar-refractivity contribution in [1.29, 1.82) is 0 Å². The first-order valence-corrected chi connectivity index (χ1v) is 5.12. The molecule has 0 aliphatic rings. The molecule has 0 spiro atoms. The zero-order valence-electron chi connectivity index (χ0n) is 8.67. The minimum Gasteiger partial charge on any atom is -0.396 e. The highest BCUT2D eigenvalue weighted by atomic mass is 16.3. The third-order valence-corrected chi connectivity index (χ3v) is 2.60. The largest absolute Gasteiger partial charge is 0.396 e. The molecule has 0 bridgehead atoms. The number of aliphatic hydroxyl groups is 3. The third kappa shape index (κ3) is 2.06. The first-order chi connectivity index (χ1) is 7.72. The Hall–Kier alpha value is -1.43. The van der Waals surface area contributed by atoms with Gasteiger partial charge in [-0.2, -0.15) is 5.10 Å². The molecule has 0 saturated carbocycles. The van der Waals surface area contributed by atoms with Crippen molar-refractivity contribution in [2.75, 3.05) is 6.61 Å². The van der Waals surface area contributed by atoms with Crippen LogP contribution in [-0.4, -0.2) is 38.2 Å². The van der Waals surface area contributed by atoms with Gasteiger partial charge in [0.15, 0.2) is 0 Å². The Morgan fingerprint density at radius 1 is 1.31 bits per heavy atom. The van der Waals surface area contributed by atoms with Crippen LogP contribution >= 0.6 is 0 Å². The number of fused-ring (bicyclic) bond motifs is 1. The van der Waals surface area contributed by atoms with Crippen LogP contribution in [0.15, 0.2) is 24.4 Å². The lowest BCUT2D eigenvalue weighted by atomic mass is 10.0. The van der Waals surface area contributed by atoms with E-state index in [-0.39, 0.29) is 13.0 Å². The fourth-order valence-electron chi connectivity index (χ4n) is 1.65. The van der Waals surface area contributed by atoms with Gasteiger partial charge in [0, 0.05) is 12.0 Å². The molecule has 1 aromatic heterocycles. The molecule has 16 heavy (non-hydrogen) atoms. The van der Waals surface area contributed by atoms with Gasteiger partial charge >= 0.3 is 0 Å². The number of rotatable bonds is 4. The lowest BCUT2D eigenvalue weighted by Crippen LogP contribution is -2.19. The number of nitrogens with one attached hydrogen (secondary N) is 1. The molecule has 2 aromatic rings.